The number of anilines is 2. The molecule has 6 amide bonds. The van der Waals surface area contributed by atoms with Gasteiger partial charge in [0.1, 0.15) is 17.3 Å². The number of fused-ring (bicyclic) bond motifs is 4. The van der Waals surface area contributed by atoms with Gasteiger partial charge in [0.2, 0.25) is 23.6 Å². The van der Waals surface area contributed by atoms with Crippen LogP contribution < -0.4 is 26.6 Å². The van der Waals surface area contributed by atoms with Gasteiger partial charge in [0.25, 0.3) is 11.8 Å². The molecule has 5 aliphatic rings. The fourth-order valence-corrected chi connectivity index (χ4v) is 10.7. The van der Waals surface area contributed by atoms with Gasteiger partial charge in [-0.25, -0.2) is 4.39 Å². The summed E-state index contributed by atoms with van der Waals surface area (Å²) in [7, 11) is 0. The number of nitrogens with one attached hydrogen (secondary N) is 5. The number of amides is 6. The molecule has 2 saturated heterocycles. The van der Waals surface area contributed by atoms with Crippen molar-refractivity contribution in [3.05, 3.63) is 128 Å². The van der Waals surface area contributed by atoms with E-state index in [1.807, 2.05) is 0 Å². The highest BCUT2D eigenvalue weighted by Gasteiger charge is 2.72. The first-order valence-corrected chi connectivity index (χ1v) is 21.4. The first kappa shape index (κ1) is 41.3. The second-order valence-electron chi connectivity index (χ2n) is 16.4. The van der Waals surface area contributed by atoms with Crippen molar-refractivity contribution < 1.29 is 33.2 Å². The summed E-state index contributed by atoms with van der Waals surface area (Å²) in [5.74, 6) is 2.21. The average molecular weight is 876 g/mol. The van der Waals surface area contributed by atoms with Crippen LogP contribution >= 0.6 is 23.2 Å². The Balaban J connectivity index is 0.887. The molecule has 3 fully saturated rings. The van der Waals surface area contributed by atoms with Crippen LogP contribution in [0.15, 0.2) is 78.9 Å². The second-order valence-corrected chi connectivity index (χ2v) is 17.3. The highest BCUT2D eigenvalue weighted by Crippen LogP contribution is 2.63. The summed E-state index contributed by atoms with van der Waals surface area (Å²) >= 11 is 12.8. The third-order valence-electron chi connectivity index (χ3n) is 13.1. The first-order chi connectivity index (χ1) is 29.9. The molecule has 316 valence electrons. The van der Waals surface area contributed by atoms with Crippen molar-refractivity contribution in [2.75, 3.05) is 17.2 Å². The third kappa shape index (κ3) is 6.90. The van der Waals surface area contributed by atoms with Crippen molar-refractivity contribution in [3.8, 4) is 11.8 Å². The Kier molecular flexibility index (Phi) is 10.9. The Morgan fingerprint density at radius 1 is 0.919 bits per heavy atom. The molecule has 4 heterocycles. The predicted octanol–water partition coefficient (Wildman–Crippen LogP) is 6.35. The predicted molar refractivity (Wildman–Crippen MR) is 230 cm³/mol. The minimum absolute atomic E-state index is 0.116. The van der Waals surface area contributed by atoms with E-state index in [0.29, 0.717) is 57.9 Å². The molecule has 9 rings (SSSR count). The van der Waals surface area contributed by atoms with Gasteiger partial charge in [-0.3, -0.25) is 39.4 Å². The topological polar surface area (TPSA) is 166 Å². The molecule has 4 atom stereocenters. The van der Waals surface area contributed by atoms with Crippen molar-refractivity contribution in [2.45, 2.75) is 86.9 Å². The molecule has 5 N–H and O–H groups in total. The highest BCUT2D eigenvalue weighted by atomic mass is 35.5. The lowest BCUT2D eigenvalue weighted by atomic mass is 9.55. The molecule has 1 saturated carbocycles. The molecule has 4 aromatic carbocycles. The maximum absolute atomic E-state index is 16.2. The van der Waals surface area contributed by atoms with E-state index >= 15 is 4.39 Å². The van der Waals surface area contributed by atoms with Gasteiger partial charge in [0, 0.05) is 70.5 Å². The maximum Gasteiger partial charge on any atom is 0.255 e. The summed E-state index contributed by atoms with van der Waals surface area (Å²) in [6.45, 7) is 0.446. The number of carbonyl (C=O) groups excluding carboxylic acids is 6. The average Bonchev–Trinajstić information content (AvgIpc) is 3.85. The lowest BCUT2D eigenvalue weighted by Gasteiger charge is -2.47. The Hall–Kier alpha value is -6.07. The van der Waals surface area contributed by atoms with Gasteiger partial charge in [0.15, 0.2) is 0 Å². The monoisotopic (exact) mass is 874 g/mol. The minimum atomic E-state index is -1.37. The molecule has 2 spiro atoms. The Morgan fingerprint density at radius 3 is 2.47 bits per heavy atom. The van der Waals surface area contributed by atoms with Crippen molar-refractivity contribution in [1.82, 2.24) is 20.9 Å². The number of rotatable bonds is 7. The van der Waals surface area contributed by atoms with Gasteiger partial charge >= 0.3 is 0 Å². The molecule has 1 aliphatic carbocycles. The SMILES string of the molecule is O=C1CCC(N2Cc3c(C#CCCNC(=O)c4ccc(NC(=O)[C@@H]5NC6(CCCCC6)[C@@]6(C(=O)Nc7cc(Cl)ccc76)[C@H]5c5cccc(Cl)c5F)cc4)cccc3C2=O)C(=O)N1. The summed E-state index contributed by atoms with van der Waals surface area (Å²) in [6, 6.07) is 19.7. The summed E-state index contributed by atoms with van der Waals surface area (Å²) in [6.07, 6.45) is 4.50. The van der Waals surface area contributed by atoms with Crippen LogP contribution in [-0.4, -0.2) is 64.5 Å². The number of hydrogen-bond donors (Lipinski definition) is 5. The van der Waals surface area contributed by atoms with E-state index in [4.69, 9.17) is 23.2 Å². The number of nitrogens with zero attached hydrogens (tertiary/aromatic N) is 1. The van der Waals surface area contributed by atoms with Gasteiger partial charge in [0.05, 0.1) is 11.1 Å². The smallest absolute Gasteiger partial charge is 0.255 e. The van der Waals surface area contributed by atoms with Crippen LogP contribution in [0.5, 0.6) is 0 Å². The van der Waals surface area contributed by atoms with Crippen LogP contribution in [0.2, 0.25) is 10.0 Å². The largest absolute Gasteiger partial charge is 0.351 e. The summed E-state index contributed by atoms with van der Waals surface area (Å²) < 4.78 is 16.2. The zero-order valence-corrected chi connectivity index (χ0v) is 34.9. The van der Waals surface area contributed by atoms with Crippen LogP contribution in [0.3, 0.4) is 0 Å². The molecule has 0 aromatic heterocycles. The van der Waals surface area contributed by atoms with Gasteiger partial charge in [-0.2, -0.15) is 0 Å². The van der Waals surface area contributed by atoms with Gasteiger partial charge in [-0.15, -0.1) is 0 Å². The van der Waals surface area contributed by atoms with E-state index in [-0.39, 0.29) is 60.1 Å². The third-order valence-corrected chi connectivity index (χ3v) is 13.6. The molecule has 62 heavy (non-hydrogen) atoms. The fourth-order valence-electron chi connectivity index (χ4n) is 10.3. The molecule has 0 bridgehead atoms. The molecule has 4 aromatic rings. The van der Waals surface area contributed by atoms with Crippen LogP contribution in [0.25, 0.3) is 0 Å². The highest BCUT2D eigenvalue weighted by molar-refractivity contribution is 6.31. The maximum atomic E-state index is 16.2. The van der Waals surface area contributed by atoms with E-state index < -0.39 is 46.6 Å². The number of halogens is 3. The van der Waals surface area contributed by atoms with Crippen LogP contribution in [0.4, 0.5) is 15.8 Å². The molecule has 12 nitrogen and oxygen atoms in total. The van der Waals surface area contributed by atoms with Crippen molar-refractivity contribution in [3.63, 3.8) is 0 Å². The van der Waals surface area contributed by atoms with Crippen molar-refractivity contribution in [1.29, 1.82) is 0 Å². The zero-order chi connectivity index (χ0) is 43.3. The van der Waals surface area contributed by atoms with Crippen molar-refractivity contribution >= 4 is 70.0 Å². The van der Waals surface area contributed by atoms with Gasteiger partial charge < -0.3 is 20.9 Å². The van der Waals surface area contributed by atoms with Gasteiger partial charge in [-0.05, 0) is 90.6 Å². The summed E-state index contributed by atoms with van der Waals surface area (Å²) in [4.78, 5) is 81.0. The zero-order valence-electron chi connectivity index (χ0n) is 33.3. The van der Waals surface area contributed by atoms with Gasteiger partial charge in [-0.1, -0.05) is 78.6 Å². The van der Waals surface area contributed by atoms with Crippen LogP contribution in [0, 0.1) is 17.7 Å². The molecule has 15 heteroatoms. The number of carbonyl (C=O) groups is 6. The number of piperidine rings is 1. The lowest BCUT2D eigenvalue weighted by Crippen LogP contribution is -2.60. The van der Waals surface area contributed by atoms with Crippen LogP contribution in [-0.2, 0) is 31.1 Å². The number of imide groups is 1. The fraction of sp³-hybridized carbons (Fsp3) is 0.319. The number of hydrogen-bond acceptors (Lipinski definition) is 7. The molecular formula is C47H41Cl2FN6O6. The quantitative estimate of drug-likeness (QED) is 0.0820. The van der Waals surface area contributed by atoms with Crippen LogP contribution in [0.1, 0.15) is 100 Å². The molecule has 0 radical (unpaired) electrons. The van der Waals surface area contributed by atoms with E-state index in [1.165, 1.54) is 11.0 Å². The summed E-state index contributed by atoms with van der Waals surface area (Å²) in [5, 5.41) is 15.1. The Morgan fingerprint density at radius 2 is 1.69 bits per heavy atom. The molecule has 1 unspecified atom stereocenters. The normalized spacial score (nSPS) is 23.3. The summed E-state index contributed by atoms with van der Waals surface area (Å²) in [5.41, 5.74) is 1.66. The van der Waals surface area contributed by atoms with E-state index in [2.05, 4.69) is 38.4 Å². The Bertz CT molecular complexity index is 2640. The van der Waals surface area contributed by atoms with E-state index in [1.54, 1.807) is 72.8 Å². The number of benzene rings is 4. The Labute approximate surface area is 366 Å². The van der Waals surface area contributed by atoms with E-state index in [9.17, 15) is 28.8 Å². The lowest BCUT2D eigenvalue weighted by molar-refractivity contribution is -0.137. The van der Waals surface area contributed by atoms with Crippen molar-refractivity contribution in [2.24, 2.45) is 0 Å². The molecular weight excluding hydrogens is 834 g/mol. The first-order valence-electron chi connectivity index (χ1n) is 20.7. The standard InChI is InChI=1S/C47H41Cl2FN6O6/c48-28-15-18-33-35(24-28)53-45(62)47(33)38(31-11-7-12-34(49)39(31)50)40(55-46(47)21-3-1-4-22-46)43(60)52-29-16-13-27(14-17-29)41(58)51-23-5-2-8-26-9-6-10-30-32(26)25-56(44(30)61)36-19-20-37(57)54-42(36)59/h6-7,9-18,24,36,38,40,55H,1,3-5,19-23,25H2,(H,51,58)(H,52,60)(H,53,62)(H,54,57,59)/t36?,38-,40+,47+/m0/s1. The minimum Gasteiger partial charge on any atom is -0.351 e. The molecule has 4 aliphatic heterocycles. The van der Waals surface area contributed by atoms with E-state index in [0.717, 1.165) is 24.8 Å². The second kappa shape index (κ2) is 16.3.